The van der Waals surface area contributed by atoms with Crippen LogP contribution in [-0.2, 0) is 39.3 Å². The number of ether oxygens (including phenoxy) is 4. The lowest BCUT2D eigenvalue weighted by Crippen LogP contribution is -2.25. The van der Waals surface area contributed by atoms with E-state index in [1.54, 1.807) is 0 Å². The van der Waals surface area contributed by atoms with Crippen molar-refractivity contribution in [2.75, 3.05) is 37.9 Å². The van der Waals surface area contributed by atoms with Crippen LogP contribution < -0.4 is 18.9 Å². The average Bonchev–Trinajstić information content (AvgIpc) is 3.22. The molecule has 0 saturated heterocycles. The molecule has 8 heteroatoms. The molecule has 6 aromatic carbocycles. The van der Waals surface area contributed by atoms with Crippen LogP contribution in [0.3, 0.4) is 0 Å². The van der Waals surface area contributed by atoms with E-state index in [-0.39, 0.29) is 0 Å². The van der Waals surface area contributed by atoms with Crippen LogP contribution in [0.15, 0.2) is 155 Å². The lowest BCUT2D eigenvalue weighted by Gasteiger charge is -2.27. The minimum absolute atomic E-state index is 0.431. The van der Waals surface area contributed by atoms with Crippen molar-refractivity contribution in [2.24, 2.45) is 0 Å². The fourth-order valence-corrected chi connectivity index (χ4v) is 9.43. The molecule has 0 unspecified atom stereocenters. The number of fused-ring (bicyclic) bond motifs is 9. The maximum Gasteiger partial charge on any atom is 0.123 e. The van der Waals surface area contributed by atoms with Crippen molar-refractivity contribution in [3.8, 4) is 23.0 Å². The molecule has 6 nitrogen and oxygen atoms in total. The summed E-state index contributed by atoms with van der Waals surface area (Å²) in [5.74, 6) is 5.52. The Morgan fingerprint density at radius 3 is 0.875 bits per heavy atom. The van der Waals surface area contributed by atoms with Gasteiger partial charge in [-0.15, -0.1) is 23.5 Å². The Labute approximate surface area is 339 Å². The number of benzene rings is 6. The van der Waals surface area contributed by atoms with Gasteiger partial charge in [-0.1, -0.05) is 109 Å². The van der Waals surface area contributed by atoms with Gasteiger partial charge in [-0.2, -0.15) is 0 Å². The molecule has 3 aliphatic rings. The van der Waals surface area contributed by atoms with E-state index in [1.165, 1.54) is 20.9 Å². The summed E-state index contributed by atoms with van der Waals surface area (Å²) in [4.78, 5) is 7.64. The van der Waals surface area contributed by atoms with Gasteiger partial charge in [-0.25, -0.2) is 0 Å². The third-order valence-corrected chi connectivity index (χ3v) is 12.5. The second kappa shape index (κ2) is 19.3. The normalized spacial score (nSPS) is 18.3. The molecule has 2 bridgehead atoms. The monoisotopic (exact) mass is 780 g/mol. The van der Waals surface area contributed by atoms with Crippen molar-refractivity contribution in [3.05, 3.63) is 179 Å². The van der Waals surface area contributed by atoms with Crippen molar-refractivity contribution in [3.63, 3.8) is 0 Å². The van der Waals surface area contributed by atoms with E-state index < -0.39 is 0 Å². The summed E-state index contributed by atoms with van der Waals surface area (Å²) in [5.41, 5.74) is 7.19. The maximum atomic E-state index is 6.50. The van der Waals surface area contributed by atoms with Crippen molar-refractivity contribution in [2.45, 2.75) is 49.1 Å². The van der Waals surface area contributed by atoms with Gasteiger partial charge in [0.1, 0.15) is 49.4 Å². The first-order valence-corrected chi connectivity index (χ1v) is 21.4. The highest BCUT2D eigenvalue weighted by Crippen LogP contribution is 2.33. The fourth-order valence-electron chi connectivity index (χ4n) is 7.34. The topological polar surface area (TPSA) is 43.4 Å². The number of hydrogen-bond donors (Lipinski definition) is 0. The molecule has 0 aromatic heterocycles. The Kier molecular flexibility index (Phi) is 13.1. The molecular weight excluding hydrogens is 733 g/mol. The summed E-state index contributed by atoms with van der Waals surface area (Å²) in [5, 5.41) is 0. The SMILES string of the molecule is c1ccc2c(c1)CN1Cc3ccccc3OCCOc3ccccc3CN(Cc3ccccc3OCCO2)Cc2ccccc2SCCSc2ccccc2C1. The lowest BCUT2D eigenvalue weighted by molar-refractivity contribution is 0.193. The Bertz CT molecular complexity index is 1800. The number of para-hydroxylation sites is 4. The molecule has 56 heavy (non-hydrogen) atoms. The molecule has 3 heterocycles. The van der Waals surface area contributed by atoms with E-state index in [2.05, 4.69) is 131 Å². The smallest absolute Gasteiger partial charge is 0.123 e. The van der Waals surface area contributed by atoms with Gasteiger partial charge in [0.25, 0.3) is 0 Å². The van der Waals surface area contributed by atoms with Gasteiger partial charge in [0, 0.05) is 82.8 Å². The van der Waals surface area contributed by atoms with Crippen molar-refractivity contribution < 1.29 is 18.9 Å². The Hall–Kier alpha value is -4.86. The predicted octanol–water partition coefficient (Wildman–Crippen LogP) is 10.5. The first kappa shape index (κ1) is 38.0. The van der Waals surface area contributed by atoms with Crippen molar-refractivity contribution >= 4 is 23.5 Å². The first-order chi connectivity index (χ1) is 27.7. The van der Waals surface area contributed by atoms with E-state index in [0.717, 1.165) is 69.8 Å². The van der Waals surface area contributed by atoms with Gasteiger partial charge < -0.3 is 18.9 Å². The molecule has 3 aliphatic heterocycles. The molecular formula is C48H48N2O4S2. The van der Waals surface area contributed by atoms with Gasteiger partial charge in [-0.05, 0) is 47.5 Å². The second-order valence-corrected chi connectivity index (χ2v) is 16.3. The molecule has 0 spiro atoms. The first-order valence-electron chi connectivity index (χ1n) is 19.4. The number of rotatable bonds is 0. The van der Waals surface area contributed by atoms with Crippen molar-refractivity contribution in [1.82, 2.24) is 9.80 Å². The third kappa shape index (κ3) is 10.1. The summed E-state index contributed by atoms with van der Waals surface area (Å²) >= 11 is 3.90. The van der Waals surface area contributed by atoms with Gasteiger partial charge in [-0.3, -0.25) is 9.80 Å². The number of hydrogen-bond acceptors (Lipinski definition) is 8. The van der Waals surface area contributed by atoms with Gasteiger partial charge >= 0.3 is 0 Å². The summed E-state index contributed by atoms with van der Waals surface area (Å²) in [7, 11) is 0. The zero-order chi connectivity index (χ0) is 37.8. The summed E-state index contributed by atoms with van der Waals surface area (Å²) in [6.45, 7) is 6.09. The minimum Gasteiger partial charge on any atom is -0.490 e. The van der Waals surface area contributed by atoms with Gasteiger partial charge in [0.2, 0.25) is 0 Å². The molecule has 286 valence electrons. The van der Waals surface area contributed by atoms with Crippen molar-refractivity contribution in [1.29, 1.82) is 0 Å². The maximum absolute atomic E-state index is 6.50. The van der Waals surface area contributed by atoms with E-state index in [0.29, 0.717) is 52.6 Å². The molecule has 0 radical (unpaired) electrons. The van der Waals surface area contributed by atoms with Crippen LogP contribution in [-0.4, -0.2) is 47.7 Å². The summed E-state index contributed by atoms with van der Waals surface area (Å²) in [6, 6.07) is 51.3. The Balaban J connectivity index is 1.21. The minimum atomic E-state index is 0.431. The van der Waals surface area contributed by atoms with E-state index in [9.17, 15) is 0 Å². The van der Waals surface area contributed by atoms with Crippen LogP contribution in [0.25, 0.3) is 0 Å². The highest BCUT2D eigenvalue weighted by Gasteiger charge is 2.19. The highest BCUT2D eigenvalue weighted by atomic mass is 32.2. The molecule has 0 amide bonds. The van der Waals surface area contributed by atoms with Crippen LogP contribution >= 0.6 is 23.5 Å². The largest absolute Gasteiger partial charge is 0.490 e. The van der Waals surface area contributed by atoms with Crippen LogP contribution in [0.2, 0.25) is 0 Å². The number of thioether (sulfide) groups is 2. The van der Waals surface area contributed by atoms with E-state index >= 15 is 0 Å². The summed E-state index contributed by atoms with van der Waals surface area (Å²) < 4.78 is 26.0. The molecule has 0 saturated carbocycles. The molecule has 0 fully saturated rings. The molecule has 9 rings (SSSR count). The zero-order valence-electron chi connectivity index (χ0n) is 31.7. The molecule has 0 aliphatic carbocycles. The predicted molar refractivity (Wildman–Crippen MR) is 228 cm³/mol. The number of nitrogens with zero attached hydrogens (tertiary/aromatic N) is 2. The van der Waals surface area contributed by atoms with Gasteiger partial charge in [0.05, 0.1) is 0 Å². The Morgan fingerprint density at radius 1 is 0.304 bits per heavy atom. The van der Waals surface area contributed by atoms with E-state index in [1.807, 2.05) is 47.8 Å². The van der Waals surface area contributed by atoms with Crippen LogP contribution in [0.4, 0.5) is 0 Å². The standard InChI is InChI=1S/C48H48N2O4S2/c1-7-19-43-37(13-1)31-49-32-38-14-2-8-20-44(38)53-27-28-54-46-22-10-4-16-40(46)34-50(33-39-15-3-9-21-45(39)52-26-25-51-43)36-42-18-6-12-24-48(42)56-30-29-55-47-23-11-5-17-41(47)35-49/h1-24H,25-36H2. The third-order valence-electron chi connectivity index (χ3n) is 9.99. The zero-order valence-corrected chi connectivity index (χ0v) is 33.3. The van der Waals surface area contributed by atoms with Crippen LogP contribution in [0.1, 0.15) is 33.4 Å². The highest BCUT2D eigenvalue weighted by molar-refractivity contribution is 8.03. The van der Waals surface area contributed by atoms with Gasteiger partial charge in [0.15, 0.2) is 0 Å². The second-order valence-electron chi connectivity index (χ2n) is 14.0. The molecule has 0 N–H and O–H groups in total. The molecule has 0 atom stereocenters. The lowest BCUT2D eigenvalue weighted by atomic mass is 10.1. The van der Waals surface area contributed by atoms with Crippen LogP contribution in [0.5, 0.6) is 23.0 Å². The summed E-state index contributed by atoms with van der Waals surface area (Å²) in [6.07, 6.45) is 0. The quantitative estimate of drug-likeness (QED) is 0.151. The fraction of sp³-hybridized carbons (Fsp3) is 0.250. The Morgan fingerprint density at radius 2 is 0.554 bits per heavy atom. The molecule has 6 aromatic rings. The average molecular weight is 781 g/mol. The van der Waals surface area contributed by atoms with E-state index in [4.69, 9.17) is 18.9 Å². The van der Waals surface area contributed by atoms with Crippen LogP contribution in [0, 0.1) is 0 Å².